The molecule has 0 rings (SSSR count). The van der Waals surface area contributed by atoms with Crippen molar-refractivity contribution < 1.29 is 4.79 Å². The molecule has 0 aromatic rings. The number of carbonyl (C=O) groups excluding carboxylic acids is 1. The van der Waals surface area contributed by atoms with Crippen LogP contribution < -0.4 is 5.73 Å². The molecule has 58 valence electrons. The van der Waals surface area contributed by atoms with E-state index in [-0.39, 0.29) is 12.5 Å². The average molecular weight is 142 g/mol. The smallest absolute Gasteiger partial charge is 0.231 e. The zero-order chi connectivity index (χ0) is 8.36. The molecule has 0 saturated heterocycles. The second-order valence-electron chi connectivity index (χ2n) is 2.98. The van der Waals surface area contributed by atoms with E-state index in [1.165, 1.54) is 0 Å². The first-order valence-corrected chi connectivity index (χ1v) is 3.12. The minimum atomic E-state index is -0.477. The molecule has 10 heavy (non-hydrogen) atoms. The maximum absolute atomic E-state index is 10.4. The Balaban J connectivity index is 3.85. The number of rotatable bonds is 3. The van der Waals surface area contributed by atoms with Crippen LogP contribution in [0, 0.1) is 6.92 Å². The Bertz CT molecular complexity index is 126. The summed E-state index contributed by atoms with van der Waals surface area (Å²) in [4.78, 5) is 12.1. The van der Waals surface area contributed by atoms with Crippen LogP contribution in [0.2, 0.25) is 0 Å². The zero-order valence-electron chi connectivity index (χ0n) is 6.72. The summed E-state index contributed by atoms with van der Waals surface area (Å²) in [6.07, 6.45) is 0. The van der Waals surface area contributed by atoms with Crippen molar-refractivity contribution in [2.75, 3.05) is 13.6 Å². The Morgan fingerprint density at radius 2 is 2.10 bits per heavy atom. The van der Waals surface area contributed by atoms with E-state index < -0.39 is 5.54 Å². The van der Waals surface area contributed by atoms with E-state index in [4.69, 9.17) is 12.7 Å². The zero-order valence-corrected chi connectivity index (χ0v) is 6.72. The van der Waals surface area contributed by atoms with Crippen LogP contribution in [0.3, 0.4) is 0 Å². The fourth-order valence-electron chi connectivity index (χ4n) is 0.438. The molecule has 0 aromatic heterocycles. The van der Waals surface area contributed by atoms with E-state index in [9.17, 15) is 4.79 Å². The van der Waals surface area contributed by atoms with Crippen LogP contribution in [-0.4, -0.2) is 29.9 Å². The first-order valence-electron chi connectivity index (χ1n) is 3.12. The predicted octanol–water partition coefficient (Wildman–Crippen LogP) is -0.107. The van der Waals surface area contributed by atoms with Crippen LogP contribution in [0.4, 0.5) is 0 Å². The third-order valence-electron chi connectivity index (χ3n) is 1.38. The van der Waals surface area contributed by atoms with Gasteiger partial charge in [-0.2, -0.15) is 0 Å². The molecule has 2 radical (unpaired) electrons. The monoisotopic (exact) mass is 142 g/mol. The highest BCUT2D eigenvalue weighted by Gasteiger charge is 2.18. The Morgan fingerprint density at radius 3 is 2.20 bits per heavy atom. The van der Waals surface area contributed by atoms with Crippen molar-refractivity contribution in [3.63, 3.8) is 0 Å². The molecule has 0 aromatic carbocycles. The molecule has 0 aliphatic rings. The van der Waals surface area contributed by atoms with Gasteiger partial charge in [0.1, 0.15) is 0 Å². The molecule has 0 atom stereocenters. The minimum Gasteiger partial charge on any atom is -0.369 e. The van der Waals surface area contributed by atoms with Gasteiger partial charge in [0, 0.05) is 5.54 Å². The summed E-state index contributed by atoms with van der Waals surface area (Å²) in [6.45, 7) is 9.47. The van der Waals surface area contributed by atoms with E-state index in [0.29, 0.717) is 0 Å². The largest absolute Gasteiger partial charge is 0.369 e. The van der Waals surface area contributed by atoms with Crippen LogP contribution in [0.15, 0.2) is 0 Å². The van der Waals surface area contributed by atoms with Crippen LogP contribution in [0.25, 0.3) is 0 Å². The summed E-state index contributed by atoms with van der Waals surface area (Å²) in [5, 5.41) is 0. The molecule has 1 amide bonds. The first kappa shape index (κ1) is 9.43. The van der Waals surface area contributed by atoms with Gasteiger partial charge in [0.05, 0.1) is 6.54 Å². The van der Waals surface area contributed by atoms with Gasteiger partial charge in [-0.15, -0.1) is 0 Å². The molecule has 0 aliphatic carbocycles. The lowest BCUT2D eigenvalue weighted by molar-refractivity contribution is -0.119. The number of primary amides is 1. The second-order valence-corrected chi connectivity index (χ2v) is 2.98. The lowest BCUT2D eigenvalue weighted by atomic mass is 10.1. The van der Waals surface area contributed by atoms with E-state index >= 15 is 0 Å². The predicted molar refractivity (Wildman–Crippen MR) is 40.2 cm³/mol. The molecule has 3 nitrogen and oxygen atoms in total. The Kier molecular flexibility index (Phi) is 2.84. The highest BCUT2D eigenvalue weighted by atomic mass is 16.1. The van der Waals surface area contributed by atoms with Crippen molar-refractivity contribution in [2.45, 2.75) is 19.4 Å². The number of hydrogen-bond donors (Lipinski definition) is 1. The van der Waals surface area contributed by atoms with Crippen LogP contribution in [-0.2, 0) is 4.79 Å². The standard InChI is InChI=1S/C7H14N2O/c1-7(2,3)9(4)5-6(8)10/h1H,5H2,2-4H3,(H2,8,10). The van der Waals surface area contributed by atoms with Crippen molar-refractivity contribution in [3.05, 3.63) is 6.92 Å². The average Bonchev–Trinajstić information content (AvgIpc) is 1.60. The van der Waals surface area contributed by atoms with Crippen LogP contribution in [0.5, 0.6) is 0 Å². The van der Waals surface area contributed by atoms with Crippen molar-refractivity contribution in [1.29, 1.82) is 0 Å². The van der Waals surface area contributed by atoms with Crippen molar-refractivity contribution in [1.82, 2.24) is 4.90 Å². The first-order chi connectivity index (χ1) is 4.34. The molecule has 2 N–H and O–H groups in total. The van der Waals surface area contributed by atoms with Gasteiger partial charge in [-0.25, -0.2) is 0 Å². The summed E-state index contributed by atoms with van der Waals surface area (Å²) in [7, 11) is 1.75. The maximum atomic E-state index is 10.4. The number of nitrogens with two attached hydrogens (primary N) is 1. The number of carbonyl (C=O) groups is 1. The Morgan fingerprint density at radius 1 is 1.70 bits per heavy atom. The van der Waals surface area contributed by atoms with Gasteiger partial charge < -0.3 is 5.73 Å². The van der Waals surface area contributed by atoms with Gasteiger partial charge in [-0.1, -0.05) is 0 Å². The molecule has 0 unspecified atom stereocenters. The molecule has 3 heteroatoms. The number of nitrogens with zero attached hydrogens (tertiary/aromatic N) is 1. The molecule has 0 bridgehead atoms. The summed E-state index contributed by atoms with van der Waals surface area (Å²) in [5.74, 6) is -0.360. The number of hydrogen-bond acceptors (Lipinski definition) is 2. The molecule has 0 spiro atoms. The molecular formula is C7H14N2O. The van der Waals surface area contributed by atoms with Crippen molar-refractivity contribution in [2.24, 2.45) is 5.73 Å². The number of likely N-dealkylation sites (N-methyl/N-ethyl adjacent to an activating group) is 1. The van der Waals surface area contributed by atoms with Crippen molar-refractivity contribution in [3.8, 4) is 0 Å². The fourth-order valence-corrected chi connectivity index (χ4v) is 0.438. The Hall–Kier alpha value is -0.570. The van der Waals surface area contributed by atoms with Crippen molar-refractivity contribution >= 4 is 5.91 Å². The lowest BCUT2D eigenvalue weighted by Gasteiger charge is -2.29. The van der Waals surface area contributed by atoms with Gasteiger partial charge in [-0.05, 0) is 27.8 Å². The minimum absolute atomic E-state index is 0.198. The van der Waals surface area contributed by atoms with E-state index in [0.717, 1.165) is 0 Å². The second kappa shape index (κ2) is 3.01. The summed E-state index contributed by atoms with van der Waals surface area (Å²) < 4.78 is 0. The highest BCUT2D eigenvalue weighted by molar-refractivity contribution is 5.75. The number of amides is 1. The van der Waals surface area contributed by atoms with Crippen LogP contribution >= 0.6 is 0 Å². The van der Waals surface area contributed by atoms with Gasteiger partial charge in [0.15, 0.2) is 0 Å². The van der Waals surface area contributed by atoms with Gasteiger partial charge in [0.25, 0.3) is 0 Å². The molecule has 0 aliphatic heterocycles. The SMILES string of the molecule is [CH]C(C)(C)N(C)CC(N)=O. The van der Waals surface area contributed by atoms with E-state index in [2.05, 4.69) is 0 Å². The van der Waals surface area contributed by atoms with Gasteiger partial charge in [-0.3, -0.25) is 9.69 Å². The molecule has 0 saturated carbocycles. The quantitative estimate of drug-likeness (QED) is 0.597. The molecular weight excluding hydrogens is 128 g/mol. The fraction of sp³-hybridized carbons (Fsp3) is 0.714. The molecule has 0 fully saturated rings. The Labute approximate surface area is 62.2 Å². The maximum Gasteiger partial charge on any atom is 0.231 e. The highest BCUT2D eigenvalue weighted by Crippen LogP contribution is 2.07. The van der Waals surface area contributed by atoms with E-state index in [1.54, 1.807) is 11.9 Å². The topological polar surface area (TPSA) is 46.3 Å². The summed E-state index contributed by atoms with van der Waals surface area (Å²) >= 11 is 0. The normalized spacial score (nSPS) is 12.1. The third kappa shape index (κ3) is 3.45. The lowest BCUT2D eigenvalue weighted by Crippen LogP contribution is -2.43. The van der Waals surface area contributed by atoms with Crippen LogP contribution in [0.1, 0.15) is 13.8 Å². The van der Waals surface area contributed by atoms with E-state index in [1.807, 2.05) is 13.8 Å². The summed E-state index contributed by atoms with van der Waals surface area (Å²) in [5.41, 5.74) is 4.48. The van der Waals surface area contributed by atoms with Gasteiger partial charge in [0.2, 0.25) is 5.91 Å². The van der Waals surface area contributed by atoms with Gasteiger partial charge >= 0.3 is 0 Å². The molecule has 0 heterocycles. The summed E-state index contributed by atoms with van der Waals surface area (Å²) in [6, 6.07) is 0. The third-order valence-corrected chi connectivity index (χ3v) is 1.38.